The standard InChI is InChI=1S/C34H60O4/c1-3-5-11-17-31(35)19-13-7-9-15-21-37-33-24-29-23-30(25-33)27-34(26-29,28-33)38-22-16-10-8-14-20-32(36)18-12-6-4-2/h29-30H,3-28H2,1-2H3. The lowest BCUT2D eigenvalue weighted by atomic mass is 9.52. The SMILES string of the molecule is CCCCCC(=O)CCCCCCOC12CC3CC(C1)CC(OCCCCCCC(=O)CCCCC)(C3)C2. The number of carbonyl (C=O) groups excluding carboxylic acids is 2. The summed E-state index contributed by atoms with van der Waals surface area (Å²) in [6.07, 6.45) is 26.5. The van der Waals surface area contributed by atoms with Gasteiger partial charge in [0.25, 0.3) is 0 Å². The zero-order chi connectivity index (χ0) is 27.1. The van der Waals surface area contributed by atoms with Crippen LogP contribution in [0.1, 0.15) is 168 Å². The Morgan fingerprint density at radius 1 is 0.553 bits per heavy atom. The molecule has 38 heavy (non-hydrogen) atoms. The summed E-state index contributed by atoms with van der Waals surface area (Å²) in [6, 6.07) is 0. The van der Waals surface area contributed by atoms with Crippen molar-refractivity contribution in [3.05, 3.63) is 0 Å². The van der Waals surface area contributed by atoms with Gasteiger partial charge in [0.2, 0.25) is 0 Å². The van der Waals surface area contributed by atoms with E-state index in [1.807, 2.05) is 0 Å². The van der Waals surface area contributed by atoms with Gasteiger partial charge in [0.15, 0.2) is 0 Å². The Morgan fingerprint density at radius 2 is 0.921 bits per heavy atom. The average molecular weight is 533 g/mol. The van der Waals surface area contributed by atoms with Crippen LogP contribution in [-0.4, -0.2) is 36.0 Å². The summed E-state index contributed by atoms with van der Waals surface area (Å²) in [6.45, 7) is 6.12. The summed E-state index contributed by atoms with van der Waals surface area (Å²) in [4.78, 5) is 23.9. The number of Topliss-reactive ketones (excluding diaryl/α,β-unsaturated/α-hetero) is 2. The van der Waals surface area contributed by atoms with Crippen LogP contribution in [0.3, 0.4) is 0 Å². The summed E-state index contributed by atoms with van der Waals surface area (Å²) in [5.74, 6) is 2.49. The van der Waals surface area contributed by atoms with E-state index in [1.165, 1.54) is 70.6 Å². The fourth-order valence-corrected chi connectivity index (χ4v) is 7.96. The van der Waals surface area contributed by atoms with Crippen LogP contribution in [-0.2, 0) is 19.1 Å². The van der Waals surface area contributed by atoms with Crippen LogP contribution in [0.2, 0.25) is 0 Å². The maximum absolute atomic E-state index is 12.0. The van der Waals surface area contributed by atoms with Crippen molar-refractivity contribution in [2.24, 2.45) is 11.8 Å². The van der Waals surface area contributed by atoms with Gasteiger partial charge in [0.1, 0.15) is 11.6 Å². The molecule has 0 radical (unpaired) electrons. The molecule has 0 aromatic rings. The van der Waals surface area contributed by atoms with Crippen molar-refractivity contribution in [3.8, 4) is 0 Å². The van der Waals surface area contributed by atoms with E-state index in [0.717, 1.165) is 109 Å². The largest absolute Gasteiger partial charge is 0.375 e. The molecule has 4 saturated carbocycles. The van der Waals surface area contributed by atoms with E-state index in [2.05, 4.69) is 13.8 Å². The van der Waals surface area contributed by atoms with Crippen molar-refractivity contribution in [3.63, 3.8) is 0 Å². The molecule has 0 aromatic heterocycles. The number of ketones is 2. The highest BCUT2D eigenvalue weighted by atomic mass is 16.5. The summed E-state index contributed by atoms with van der Waals surface area (Å²) >= 11 is 0. The molecular formula is C34H60O4. The summed E-state index contributed by atoms with van der Waals surface area (Å²) in [5, 5.41) is 0. The molecule has 220 valence electrons. The molecule has 0 unspecified atom stereocenters. The average Bonchev–Trinajstić information content (AvgIpc) is 2.87. The third-order valence-electron chi connectivity index (χ3n) is 9.59. The van der Waals surface area contributed by atoms with Crippen LogP contribution in [0, 0.1) is 11.8 Å². The summed E-state index contributed by atoms with van der Waals surface area (Å²) in [7, 11) is 0. The highest BCUT2D eigenvalue weighted by Gasteiger charge is 2.59. The van der Waals surface area contributed by atoms with Crippen molar-refractivity contribution in [2.45, 2.75) is 179 Å². The molecule has 4 rings (SSSR count). The Morgan fingerprint density at radius 3 is 1.32 bits per heavy atom. The van der Waals surface area contributed by atoms with E-state index in [9.17, 15) is 9.59 Å². The molecule has 4 aliphatic rings. The predicted molar refractivity (Wildman–Crippen MR) is 157 cm³/mol. The Bertz CT molecular complexity index is 618. The zero-order valence-electron chi connectivity index (χ0n) is 25.2. The maximum atomic E-state index is 12.0. The van der Waals surface area contributed by atoms with Gasteiger partial charge in [-0.15, -0.1) is 0 Å². The van der Waals surface area contributed by atoms with E-state index in [1.54, 1.807) is 0 Å². The van der Waals surface area contributed by atoms with Crippen molar-refractivity contribution in [1.29, 1.82) is 0 Å². The van der Waals surface area contributed by atoms with Gasteiger partial charge in [-0.3, -0.25) is 9.59 Å². The fourth-order valence-electron chi connectivity index (χ4n) is 7.96. The van der Waals surface area contributed by atoms with Crippen molar-refractivity contribution >= 4 is 11.6 Å². The van der Waals surface area contributed by atoms with Gasteiger partial charge in [0.05, 0.1) is 11.2 Å². The summed E-state index contributed by atoms with van der Waals surface area (Å²) in [5.41, 5.74) is 0.134. The molecule has 0 spiro atoms. The number of hydrogen-bond donors (Lipinski definition) is 0. The number of rotatable bonds is 24. The van der Waals surface area contributed by atoms with Crippen LogP contribution in [0.5, 0.6) is 0 Å². The van der Waals surface area contributed by atoms with Crippen molar-refractivity contribution in [1.82, 2.24) is 0 Å². The van der Waals surface area contributed by atoms with E-state index in [-0.39, 0.29) is 11.2 Å². The molecule has 0 heterocycles. The number of ether oxygens (including phenoxy) is 2. The Balaban J connectivity index is 1.26. The second-order valence-electron chi connectivity index (χ2n) is 13.3. The van der Waals surface area contributed by atoms with Gasteiger partial charge in [-0.1, -0.05) is 65.2 Å². The minimum absolute atomic E-state index is 0.0669. The fraction of sp³-hybridized carbons (Fsp3) is 0.941. The molecule has 4 fully saturated rings. The van der Waals surface area contributed by atoms with Crippen LogP contribution in [0.15, 0.2) is 0 Å². The second-order valence-corrected chi connectivity index (χ2v) is 13.3. The topological polar surface area (TPSA) is 52.6 Å². The predicted octanol–water partition coefficient (Wildman–Crippen LogP) is 9.31. The monoisotopic (exact) mass is 532 g/mol. The smallest absolute Gasteiger partial charge is 0.132 e. The minimum Gasteiger partial charge on any atom is -0.375 e. The van der Waals surface area contributed by atoms with Gasteiger partial charge in [-0.2, -0.15) is 0 Å². The normalized spacial score (nSPS) is 27.7. The molecule has 0 saturated heterocycles. The first-order valence-electron chi connectivity index (χ1n) is 16.8. The molecule has 4 aliphatic carbocycles. The Kier molecular flexibility index (Phi) is 14.3. The number of carbonyl (C=O) groups is 2. The van der Waals surface area contributed by atoms with Crippen LogP contribution >= 0.6 is 0 Å². The minimum atomic E-state index is 0.0669. The third kappa shape index (κ3) is 11.0. The number of hydrogen-bond acceptors (Lipinski definition) is 4. The quantitative estimate of drug-likeness (QED) is 0.116. The first kappa shape index (κ1) is 31.8. The van der Waals surface area contributed by atoms with Crippen LogP contribution < -0.4 is 0 Å². The first-order chi connectivity index (χ1) is 18.5. The molecule has 4 nitrogen and oxygen atoms in total. The molecule has 0 N–H and O–H groups in total. The lowest BCUT2D eigenvalue weighted by molar-refractivity contribution is -0.237. The number of unbranched alkanes of at least 4 members (excludes halogenated alkanes) is 10. The zero-order valence-corrected chi connectivity index (χ0v) is 25.2. The van der Waals surface area contributed by atoms with E-state index in [0.29, 0.717) is 11.6 Å². The molecule has 4 bridgehead atoms. The van der Waals surface area contributed by atoms with E-state index in [4.69, 9.17) is 9.47 Å². The Labute approximate surface area is 234 Å². The van der Waals surface area contributed by atoms with E-state index < -0.39 is 0 Å². The Hall–Kier alpha value is -0.740. The van der Waals surface area contributed by atoms with Gasteiger partial charge < -0.3 is 9.47 Å². The van der Waals surface area contributed by atoms with Crippen LogP contribution in [0.4, 0.5) is 0 Å². The molecule has 0 atom stereocenters. The lowest BCUT2D eigenvalue weighted by Gasteiger charge is -2.61. The van der Waals surface area contributed by atoms with Crippen LogP contribution in [0.25, 0.3) is 0 Å². The highest BCUT2D eigenvalue weighted by molar-refractivity contribution is 5.78. The van der Waals surface area contributed by atoms with Crippen molar-refractivity contribution in [2.75, 3.05) is 13.2 Å². The first-order valence-corrected chi connectivity index (χ1v) is 16.8. The van der Waals surface area contributed by atoms with Gasteiger partial charge in [0, 0.05) is 45.3 Å². The molecule has 4 heteroatoms. The van der Waals surface area contributed by atoms with Gasteiger partial charge in [-0.25, -0.2) is 0 Å². The molecule has 0 aromatic carbocycles. The molecule has 0 amide bonds. The lowest BCUT2D eigenvalue weighted by Crippen LogP contribution is -2.61. The molecule has 0 aliphatic heterocycles. The van der Waals surface area contributed by atoms with E-state index >= 15 is 0 Å². The third-order valence-corrected chi connectivity index (χ3v) is 9.59. The van der Waals surface area contributed by atoms with Gasteiger partial charge >= 0.3 is 0 Å². The molecular weight excluding hydrogens is 472 g/mol. The van der Waals surface area contributed by atoms with Crippen molar-refractivity contribution < 1.29 is 19.1 Å². The van der Waals surface area contributed by atoms with Gasteiger partial charge in [-0.05, 0) is 82.5 Å². The highest BCUT2D eigenvalue weighted by Crippen LogP contribution is 2.60. The summed E-state index contributed by atoms with van der Waals surface area (Å²) < 4.78 is 13.4. The maximum Gasteiger partial charge on any atom is 0.132 e. The second kappa shape index (κ2) is 17.2.